The predicted molar refractivity (Wildman–Crippen MR) is 53.9 cm³/mol. The summed E-state index contributed by atoms with van der Waals surface area (Å²) in [4.78, 5) is 15.7. The van der Waals surface area contributed by atoms with Crippen LogP contribution in [0, 0.1) is 6.92 Å². The van der Waals surface area contributed by atoms with Gasteiger partial charge in [0.05, 0.1) is 17.8 Å². The number of aryl methyl sites for hydroxylation is 1. The SMILES string of the molecule is C.CC(=O)OCCc1scnc1C. The van der Waals surface area contributed by atoms with Crippen LogP contribution in [-0.4, -0.2) is 17.6 Å². The lowest BCUT2D eigenvalue weighted by Crippen LogP contribution is -2.02. The molecule has 1 heterocycles. The van der Waals surface area contributed by atoms with Crippen LogP contribution < -0.4 is 0 Å². The molecule has 13 heavy (non-hydrogen) atoms. The Morgan fingerprint density at radius 2 is 2.38 bits per heavy atom. The van der Waals surface area contributed by atoms with Crippen molar-refractivity contribution >= 4 is 17.3 Å². The largest absolute Gasteiger partial charge is 0.465 e. The molecule has 4 heteroatoms. The predicted octanol–water partition coefficient (Wildman–Crippen LogP) is 2.19. The van der Waals surface area contributed by atoms with Crippen LogP contribution in [0.15, 0.2) is 5.51 Å². The first-order chi connectivity index (χ1) is 5.70. The summed E-state index contributed by atoms with van der Waals surface area (Å²) < 4.78 is 4.81. The summed E-state index contributed by atoms with van der Waals surface area (Å²) in [7, 11) is 0. The Hall–Kier alpha value is -0.900. The zero-order valence-electron chi connectivity index (χ0n) is 7.16. The lowest BCUT2D eigenvalue weighted by atomic mass is 10.3. The van der Waals surface area contributed by atoms with Crippen molar-refractivity contribution in [2.24, 2.45) is 0 Å². The van der Waals surface area contributed by atoms with Crippen molar-refractivity contribution in [1.29, 1.82) is 0 Å². The molecule has 0 unspecified atom stereocenters. The van der Waals surface area contributed by atoms with Gasteiger partial charge in [-0.05, 0) is 6.92 Å². The Labute approximate surface area is 82.8 Å². The van der Waals surface area contributed by atoms with Gasteiger partial charge in [0.15, 0.2) is 0 Å². The maximum Gasteiger partial charge on any atom is 0.302 e. The Morgan fingerprint density at radius 1 is 1.69 bits per heavy atom. The van der Waals surface area contributed by atoms with Gasteiger partial charge in [-0.15, -0.1) is 11.3 Å². The van der Waals surface area contributed by atoms with E-state index in [0.29, 0.717) is 6.61 Å². The van der Waals surface area contributed by atoms with E-state index in [2.05, 4.69) is 4.98 Å². The molecule has 0 fully saturated rings. The molecule has 74 valence electrons. The van der Waals surface area contributed by atoms with E-state index in [0.717, 1.165) is 12.1 Å². The van der Waals surface area contributed by atoms with Crippen molar-refractivity contribution in [2.75, 3.05) is 6.61 Å². The van der Waals surface area contributed by atoms with Gasteiger partial charge >= 0.3 is 5.97 Å². The first-order valence-electron chi connectivity index (χ1n) is 3.72. The van der Waals surface area contributed by atoms with E-state index in [4.69, 9.17) is 4.74 Å². The molecule has 0 bridgehead atoms. The summed E-state index contributed by atoms with van der Waals surface area (Å²) in [5.41, 5.74) is 2.84. The second-order valence-electron chi connectivity index (χ2n) is 2.45. The molecule has 0 atom stereocenters. The summed E-state index contributed by atoms with van der Waals surface area (Å²) in [5, 5.41) is 0. The maximum atomic E-state index is 10.4. The van der Waals surface area contributed by atoms with E-state index in [-0.39, 0.29) is 13.4 Å². The van der Waals surface area contributed by atoms with E-state index in [1.165, 1.54) is 11.8 Å². The van der Waals surface area contributed by atoms with Gasteiger partial charge in [-0.2, -0.15) is 0 Å². The molecule has 0 spiro atoms. The van der Waals surface area contributed by atoms with Gasteiger partial charge in [0, 0.05) is 18.2 Å². The number of thiazole rings is 1. The number of rotatable bonds is 3. The molecule has 1 aromatic heterocycles. The molecule has 0 amide bonds. The Kier molecular flexibility index (Phi) is 5.30. The van der Waals surface area contributed by atoms with Gasteiger partial charge in [0.25, 0.3) is 0 Å². The lowest BCUT2D eigenvalue weighted by molar-refractivity contribution is -0.140. The number of hydrogen-bond donors (Lipinski definition) is 0. The van der Waals surface area contributed by atoms with Crippen LogP contribution in [0.5, 0.6) is 0 Å². The molecule has 0 aliphatic heterocycles. The van der Waals surface area contributed by atoms with Gasteiger partial charge in [0.1, 0.15) is 0 Å². The second kappa shape index (κ2) is 5.70. The van der Waals surface area contributed by atoms with E-state index < -0.39 is 0 Å². The first kappa shape index (κ1) is 12.1. The van der Waals surface area contributed by atoms with Crippen LogP contribution in [0.1, 0.15) is 24.9 Å². The van der Waals surface area contributed by atoms with Crippen LogP contribution in [0.25, 0.3) is 0 Å². The maximum absolute atomic E-state index is 10.4. The number of carbonyl (C=O) groups is 1. The van der Waals surface area contributed by atoms with Gasteiger partial charge in [-0.3, -0.25) is 4.79 Å². The molecule has 3 nitrogen and oxygen atoms in total. The van der Waals surface area contributed by atoms with Gasteiger partial charge < -0.3 is 4.74 Å². The second-order valence-corrected chi connectivity index (χ2v) is 3.39. The summed E-state index contributed by atoms with van der Waals surface area (Å²) in [6.45, 7) is 3.83. The summed E-state index contributed by atoms with van der Waals surface area (Å²) in [5.74, 6) is -0.225. The van der Waals surface area contributed by atoms with Crippen molar-refractivity contribution in [3.63, 3.8) is 0 Å². The summed E-state index contributed by atoms with van der Waals surface area (Å²) in [6.07, 6.45) is 0.774. The van der Waals surface area contributed by atoms with Crippen LogP contribution in [0.2, 0.25) is 0 Å². The number of esters is 1. The number of carbonyl (C=O) groups excluding carboxylic acids is 1. The average Bonchev–Trinajstić information content (AvgIpc) is 2.36. The molecule has 0 radical (unpaired) electrons. The number of hydrogen-bond acceptors (Lipinski definition) is 4. The van der Waals surface area contributed by atoms with Crippen molar-refractivity contribution in [2.45, 2.75) is 27.7 Å². The van der Waals surface area contributed by atoms with Gasteiger partial charge in [-0.1, -0.05) is 7.43 Å². The minimum Gasteiger partial charge on any atom is -0.465 e. The third-order valence-electron chi connectivity index (χ3n) is 1.48. The van der Waals surface area contributed by atoms with Crippen LogP contribution in [0.3, 0.4) is 0 Å². The normalized spacial score (nSPS) is 9.08. The topological polar surface area (TPSA) is 39.2 Å². The lowest BCUT2D eigenvalue weighted by Gasteiger charge is -1.99. The van der Waals surface area contributed by atoms with Crippen molar-refractivity contribution in [3.05, 3.63) is 16.1 Å². The molecule has 0 saturated carbocycles. The third kappa shape index (κ3) is 4.03. The van der Waals surface area contributed by atoms with Crippen LogP contribution in [0.4, 0.5) is 0 Å². The van der Waals surface area contributed by atoms with E-state index in [1.54, 1.807) is 16.8 Å². The fourth-order valence-corrected chi connectivity index (χ4v) is 1.62. The van der Waals surface area contributed by atoms with Gasteiger partial charge in [0.2, 0.25) is 0 Å². The highest BCUT2D eigenvalue weighted by Gasteiger charge is 2.01. The Bertz CT molecular complexity index is 270. The molecule has 0 N–H and O–H groups in total. The quantitative estimate of drug-likeness (QED) is 0.704. The zero-order valence-corrected chi connectivity index (χ0v) is 7.98. The fraction of sp³-hybridized carbons (Fsp3) is 0.556. The fourth-order valence-electron chi connectivity index (χ4n) is 0.854. The Balaban J connectivity index is 0.00000144. The molecule has 0 aromatic carbocycles. The van der Waals surface area contributed by atoms with E-state index in [9.17, 15) is 4.79 Å². The monoisotopic (exact) mass is 201 g/mol. The minimum atomic E-state index is -0.225. The zero-order chi connectivity index (χ0) is 8.97. The molecule has 0 saturated heterocycles. The standard InChI is InChI=1S/C8H11NO2S.CH4/c1-6-8(12-5-9-6)3-4-11-7(2)10;/h5H,3-4H2,1-2H3;1H4. The number of nitrogens with zero attached hydrogens (tertiary/aromatic N) is 1. The van der Waals surface area contributed by atoms with Crippen molar-refractivity contribution in [3.8, 4) is 0 Å². The molecular formula is C9H15NO2S. The Morgan fingerprint density at radius 3 is 2.85 bits per heavy atom. The minimum absolute atomic E-state index is 0. The highest BCUT2D eigenvalue weighted by molar-refractivity contribution is 7.09. The molecule has 0 aliphatic carbocycles. The van der Waals surface area contributed by atoms with Gasteiger partial charge in [-0.25, -0.2) is 4.98 Å². The van der Waals surface area contributed by atoms with Crippen molar-refractivity contribution in [1.82, 2.24) is 4.98 Å². The number of ether oxygens (including phenoxy) is 1. The van der Waals surface area contributed by atoms with Crippen molar-refractivity contribution < 1.29 is 9.53 Å². The molecule has 1 rings (SSSR count). The number of aromatic nitrogens is 1. The smallest absolute Gasteiger partial charge is 0.302 e. The highest BCUT2D eigenvalue weighted by Crippen LogP contribution is 2.12. The third-order valence-corrected chi connectivity index (χ3v) is 2.47. The van der Waals surface area contributed by atoms with Crippen LogP contribution in [-0.2, 0) is 16.0 Å². The van der Waals surface area contributed by atoms with Crippen LogP contribution >= 0.6 is 11.3 Å². The van der Waals surface area contributed by atoms with E-state index in [1.807, 2.05) is 6.92 Å². The average molecular weight is 201 g/mol. The van der Waals surface area contributed by atoms with E-state index >= 15 is 0 Å². The first-order valence-corrected chi connectivity index (χ1v) is 4.60. The molecule has 0 aliphatic rings. The summed E-state index contributed by atoms with van der Waals surface area (Å²) in [6, 6.07) is 0. The molecule has 1 aromatic rings. The summed E-state index contributed by atoms with van der Waals surface area (Å²) >= 11 is 1.60. The molecular weight excluding hydrogens is 186 g/mol. The highest BCUT2D eigenvalue weighted by atomic mass is 32.1.